The van der Waals surface area contributed by atoms with Crippen molar-refractivity contribution in [2.24, 2.45) is 5.92 Å². The predicted molar refractivity (Wildman–Crippen MR) is 143 cm³/mol. The van der Waals surface area contributed by atoms with Gasteiger partial charge in [-0.25, -0.2) is 4.79 Å². The van der Waals surface area contributed by atoms with Gasteiger partial charge in [0, 0.05) is 29.3 Å². The van der Waals surface area contributed by atoms with E-state index in [-0.39, 0.29) is 24.3 Å². The molecule has 0 radical (unpaired) electrons. The van der Waals surface area contributed by atoms with Gasteiger partial charge in [-0.2, -0.15) is 0 Å². The summed E-state index contributed by atoms with van der Waals surface area (Å²) in [6, 6.07) is 13.6. The number of carbonyl (C=O) groups is 1. The molecular weight excluding hydrogens is 466 g/mol. The van der Waals surface area contributed by atoms with Gasteiger partial charge in [-0.3, -0.25) is 4.79 Å². The van der Waals surface area contributed by atoms with Gasteiger partial charge < -0.3 is 18.8 Å². The van der Waals surface area contributed by atoms with Crippen molar-refractivity contribution in [2.45, 2.75) is 70.9 Å². The molecule has 1 saturated carbocycles. The molecule has 6 rings (SSSR count). The molecule has 6 heteroatoms. The summed E-state index contributed by atoms with van der Waals surface area (Å²) >= 11 is 0. The Labute approximate surface area is 215 Å². The zero-order chi connectivity index (χ0) is 25.9. The lowest BCUT2D eigenvalue weighted by molar-refractivity contribution is -0.154. The molecule has 2 aromatic heterocycles. The van der Waals surface area contributed by atoms with Crippen molar-refractivity contribution in [1.82, 2.24) is 4.90 Å². The van der Waals surface area contributed by atoms with Crippen LogP contribution in [0.1, 0.15) is 66.2 Å². The van der Waals surface area contributed by atoms with Gasteiger partial charge in [0.2, 0.25) is 5.91 Å². The topological polar surface area (TPSA) is 83.9 Å². The van der Waals surface area contributed by atoms with E-state index in [4.69, 9.17) is 8.83 Å². The molecule has 2 aromatic carbocycles. The third-order valence-corrected chi connectivity index (χ3v) is 8.94. The van der Waals surface area contributed by atoms with Gasteiger partial charge >= 0.3 is 5.63 Å². The summed E-state index contributed by atoms with van der Waals surface area (Å²) in [5.74, 6) is 0.712. The molecule has 1 saturated heterocycles. The van der Waals surface area contributed by atoms with E-state index in [0.29, 0.717) is 29.7 Å². The van der Waals surface area contributed by atoms with Crippen molar-refractivity contribution < 1.29 is 18.7 Å². The van der Waals surface area contributed by atoms with Crippen molar-refractivity contribution >= 4 is 27.8 Å². The van der Waals surface area contributed by atoms with Crippen molar-refractivity contribution in [3.8, 4) is 0 Å². The van der Waals surface area contributed by atoms with Gasteiger partial charge in [0.1, 0.15) is 16.9 Å². The zero-order valence-electron chi connectivity index (χ0n) is 21.7. The number of carbonyl (C=O) groups excluding carboxylic acids is 1. The monoisotopic (exact) mass is 499 g/mol. The maximum Gasteiger partial charge on any atom is 0.340 e. The number of likely N-dealkylation sites (tertiary alicyclic amines) is 1. The molecule has 1 N–H and O–H groups in total. The van der Waals surface area contributed by atoms with Crippen molar-refractivity contribution in [1.29, 1.82) is 0 Å². The third kappa shape index (κ3) is 3.89. The maximum atomic E-state index is 13.9. The first-order chi connectivity index (χ1) is 17.8. The molecule has 0 spiro atoms. The molecule has 4 aromatic rings. The minimum absolute atomic E-state index is 0.0175. The smallest absolute Gasteiger partial charge is 0.340 e. The molecule has 2 fully saturated rings. The number of aliphatic hydroxyl groups is 1. The third-order valence-electron chi connectivity index (χ3n) is 8.94. The number of amides is 1. The van der Waals surface area contributed by atoms with Crippen LogP contribution in [0.15, 0.2) is 56.1 Å². The maximum absolute atomic E-state index is 13.9. The lowest BCUT2D eigenvalue weighted by atomic mass is 9.66. The van der Waals surface area contributed by atoms with Gasteiger partial charge in [0.25, 0.3) is 0 Å². The highest BCUT2D eigenvalue weighted by atomic mass is 16.4. The van der Waals surface area contributed by atoms with Gasteiger partial charge in [0.05, 0.1) is 23.6 Å². The Kier molecular flexibility index (Phi) is 5.75. The van der Waals surface area contributed by atoms with E-state index in [1.807, 2.05) is 62.1 Å². The predicted octanol–water partition coefficient (Wildman–Crippen LogP) is 5.90. The number of furan rings is 1. The average molecular weight is 500 g/mol. The summed E-state index contributed by atoms with van der Waals surface area (Å²) in [6.07, 6.45) is 4.26. The van der Waals surface area contributed by atoms with Crippen molar-refractivity contribution in [3.63, 3.8) is 0 Å². The summed E-state index contributed by atoms with van der Waals surface area (Å²) in [6.45, 7) is 6.29. The largest absolute Gasteiger partial charge is 0.461 e. The highest BCUT2D eigenvalue weighted by molar-refractivity contribution is 5.97. The lowest BCUT2D eigenvalue weighted by Crippen LogP contribution is -2.56. The Morgan fingerprint density at radius 3 is 2.51 bits per heavy atom. The summed E-state index contributed by atoms with van der Waals surface area (Å²) < 4.78 is 11.5. The second kappa shape index (κ2) is 8.88. The Hall–Kier alpha value is -3.38. The van der Waals surface area contributed by atoms with Gasteiger partial charge in [0.15, 0.2) is 0 Å². The van der Waals surface area contributed by atoms with E-state index in [9.17, 15) is 14.7 Å². The molecule has 0 unspecified atom stereocenters. The average Bonchev–Trinajstić information content (AvgIpc) is 3.17. The fourth-order valence-electron chi connectivity index (χ4n) is 6.71. The fourth-order valence-corrected chi connectivity index (χ4v) is 6.71. The molecule has 37 heavy (non-hydrogen) atoms. The van der Waals surface area contributed by atoms with Gasteiger partial charge in [-0.15, -0.1) is 0 Å². The molecule has 3 heterocycles. The van der Waals surface area contributed by atoms with Crippen LogP contribution >= 0.6 is 0 Å². The van der Waals surface area contributed by atoms with Crippen LogP contribution in [0.3, 0.4) is 0 Å². The Balaban J connectivity index is 1.39. The highest BCUT2D eigenvalue weighted by Crippen LogP contribution is 2.49. The van der Waals surface area contributed by atoms with Crippen LogP contribution in [0, 0.1) is 26.7 Å². The number of hydrogen-bond acceptors (Lipinski definition) is 5. The Morgan fingerprint density at radius 2 is 1.73 bits per heavy atom. The Morgan fingerprint density at radius 1 is 1.00 bits per heavy atom. The van der Waals surface area contributed by atoms with E-state index in [1.165, 1.54) is 0 Å². The second-order valence-corrected chi connectivity index (χ2v) is 10.9. The van der Waals surface area contributed by atoms with E-state index in [1.54, 1.807) is 6.07 Å². The number of nitrogens with zero attached hydrogens (tertiary/aromatic N) is 1. The standard InChI is InChI=1S/C31H33NO5/c1-18-20(3)36-26-17-27-23(15-22(18)26)19(2)24(30(34)37-27)16-28(33)32-14-13-31(35)12-8-7-11-25(31)29(32)21-9-5-4-6-10-21/h4-6,9-10,15,17,25,29,35H,7-8,11-14,16H2,1-3H3/t25-,29+,31+/m1/s1. The quantitative estimate of drug-likeness (QED) is 0.355. The lowest BCUT2D eigenvalue weighted by Gasteiger charge is -2.52. The molecule has 0 bridgehead atoms. The first kappa shape index (κ1) is 24.0. The number of piperidine rings is 1. The van der Waals surface area contributed by atoms with Crippen molar-refractivity contribution in [3.05, 3.63) is 80.9 Å². The van der Waals surface area contributed by atoms with E-state index >= 15 is 0 Å². The number of rotatable bonds is 3. The summed E-state index contributed by atoms with van der Waals surface area (Å²) in [7, 11) is 0. The van der Waals surface area contributed by atoms with Crippen LogP contribution in [-0.4, -0.2) is 28.1 Å². The zero-order valence-corrected chi connectivity index (χ0v) is 21.7. The fraction of sp³-hybridized carbons (Fsp3) is 0.419. The molecule has 3 atom stereocenters. The SMILES string of the molecule is Cc1oc2cc3oc(=O)c(CC(=O)N4CC[C@@]5(O)CCCC[C@@H]5[C@@H]4c4ccccc4)c(C)c3cc2c1C. The molecule has 1 aliphatic heterocycles. The first-order valence-corrected chi connectivity index (χ1v) is 13.3. The summed E-state index contributed by atoms with van der Waals surface area (Å²) in [5, 5.41) is 13.3. The number of fused-ring (bicyclic) bond motifs is 3. The van der Waals surface area contributed by atoms with Crippen LogP contribution in [0.4, 0.5) is 0 Å². The van der Waals surface area contributed by atoms with E-state index < -0.39 is 11.2 Å². The highest BCUT2D eigenvalue weighted by Gasteiger charge is 2.50. The number of benzene rings is 2. The van der Waals surface area contributed by atoms with Crippen molar-refractivity contribution in [2.75, 3.05) is 6.54 Å². The summed E-state index contributed by atoms with van der Waals surface area (Å²) in [5.41, 5.74) is 3.17. The minimum Gasteiger partial charge on any atom is -0.461 e. The minimum atomic E-state index is -0.751. The molecule has 192 valence electrons. The molecular formula is C31H33NO5. The number of aryl methyl sites for hydroxylation is 3. The normalized spacial score (nSPS) is 23.9. The molecule has 1 amide bonds. The van der Waals surface area contributed by atoms with Crippen LogP contribution in [0.25, 0.3) is 21.9 Å². The van der Waals surface area contributed by atoms with Crippen LogP contribution in [0.2, 0.25) is 0 Å². The molecule has 6 nitrogen and oxygen atoms in total. The van der Waals surface area contributed by atoms with Gasteiger partial charge in [-0.1, -0.05) is 43.2 Å². The van der Waals surface area contributed by atoms with Crippen LogP contribution in [0.5, 0.6) is 0 Å². The molecule has 2 aliphatic rings. The number of hydrogen-bond donors (Lipinski definition) is 1. The van der Waals surface area contributed by atoms with Crippen LogP contribution in [-0.2, 0) is 11.2 Å². The van der Waals surface area contributed by atoms with E-state index in [2.05, 4.69) is 0 Å². The van der Waals surface area contributed by atoms with E-state index in [0.717, 1.165) is 58.9 Å². The Bertz CT molecular complexity index is 1570. The second-order valence-electron chi connectivity index (χ2n) is 10.9. The van der Waals surface area contributed by atoms with Crippen LogP contribution < -0.4 is 5.63 Å². The van der Waals surface area contributed by atoms with Gasteiger partial charge in [-0.05, 0) is 62.8 Å². The first-order valence-electron chi connectivity index (χ1n) is 13.3. The molecule has 1 aliphatic carbocycles. The summed E-state index contributed by atoms with van der Waals surface area (Å²) in [4.78, 5) is 28.9.